The molecule has 1 fully saturated rings. The van der Waals surface area contributed by atoms with Crippen LogP contribution in [0.4, 0.5) is 18.9 Å². The summed E-state index contributed by atoms with van der Waals surface area (Å²) in [7, 11) is 0. The Morgan fingerprint density at radius 3 is 2.38 bits per heavy atom. The first-order chi connectivity index (χ1) is 15.4. The van der Waals surface area contributed by atoms with Gasteiger partial charge >= 0.3 is 6.18 Å². The van der Waals surface area contributed by atoms with Crippen LogP contribution in [0.25, 0.3) is 10.8 Å². The van der Waals surface area contributed by atoms with Gasteiger partial charge in [0.05, 0.1) is 5.56 Å². The smallest absolute Gasteiger partial charge is 0.416 e. The van der Waals surface area contributed by atoms with Crippen LogP contribution in [0.1, 0.15) is 18.9 Å². The van der Waals surface area contributed by atoms with Gasteiger partial charge in [0.1, 0.15) is 5.75 Å². The lowest BCUT2D eigenvalue weighted by Gasteiger charge is -2.37. The topological polar surface area (TPSA) is 32.8 Å². The normalized spacial score (nSPS) is 15.6. The predicted molar refractivity (Wildman–Crippen MR) is 119 cm³/mol. The second kappa shape index (κ2) is 9.10. The summed E-state index contributed by atoms with van der Waals surface area (Å²) in [6, 6.07) is 18.9. The number of alkyl halides is 3. The van der Waals surface area contributed by atoms with E-state index in [9.17, 15) is 18.0 Å². The zero-order valence-electron chi connectivity index (χ0n) is 17.8. The molecule has 7 heteroatoms. The molecule has 0 bridgehead atoms. The number of fused-ring (bicyclic) bond motifs is 1. The summed E-state index contributed by atoms with van der Waals surface area (Å²) in [6.45, 7) is 3.72. The fraction of sp³-hybridized carbons (Fsp3) is 0.320. The standard InChI is InChI=1S/C25H25F3N2O2/c1-2-22(32-23-12-5-8-18-7-3-4-11-21(18)23)24(31)30-15-13-29(14-16-30)20-10-6-9-19(17-20)25(26,27)28/h3-12,17,22H,2,13-16H2,1H3/t22-/m1/s1. The molecule has 1 saturated heterocycles. The van der Waals surface area contributed by atoms with Crippen LogP contribution in [-0.4, -0.2) is 43.1 Å². The van der Waals surface area contributed by atoms with Gasteiger partial charge in [0.25, 0.3) is 5.91 Å². The molecule has 1 aliphatic heterocycles. The van der Waals surface area contributed by atoms with Gasteiger partial charge in [0, 0.05) is 37.3 Å². The van der Waals surface area contributed by atoms with Crippen LogP contribution >= 0.6 is 0 Å². The lowest BCUT2D eigenvalue weighted by atomic mass is 10.1. The summed E-state index contributed by atoms with van der Waals surface area (Å²) in [6.07, 6.45) is -4.46. The van der Waals surface area contributed by atoms with Crippen molar-refractivity contribution in [2.75, 3.05) is 31.1 Å². The number of rotatable bonds is 5. The third kappa shape index (κ3) is 4.66. The molecule has 0 spiro atoms. The molecule has 3 aromatic rings. The van der Waals surface area contributed by atoms with Crippen LogP contribution in [0.2, 0.25) is 0 Å². The fourth-order valence-electron chi connectivity index (χ4n) is 4.03. The van der Waals surface area contributed by atoms with Crippen molar-refractivity contribution < 1.29 is 22.7 Å². The molecule has 0 unspecified atom stereocenters. The number of halogens is 3. The maximum atomic E-state index is 13.1. The summed E-state index contributed by atoms with van der Waals surface area (Å²) in [5, 5.41) is 2.00. The molecule has 1 heterocycles. The van der Waals surface area contributed by atoms with E-state index in [2.05, 4.69) is 0 Å². The Bertz CT molecular complexity index is 1090. The van der Waals surface area contributed by atoms with Gasteiger partial charge < -0.3 is 14.5 Å². The summed E-state index contributed by atoms with van der Waals surface area (Å²) in [4.78, 5) is 16.8. The molecule has 4 rings (SSSR count). The summed E-state index contributed by atoms with van der Waals surface area (Å²) in [5.74, 6) is 0.579. The quantitative estimate of drug-likeness (QED) is 0.533. The molecule has 0 radical (unpaired) electrons. The van der Waals surface area contributed by atoms with Crippen LogP contribution in [0.3, 0.4) is 0 Å². The Balaban J connectivity index is 1.42. The summed E-state index contributed by atoms with van der Waals surface area (Å²) >= 11 is 0. The molecule has 32 heavy (non-hydrogen) atoms. The lowest BCUT2D eigenvalue weighted by molar-refractivity contribution is -0.139. The van der Waals surface area contributed by atoms with Gasteiger partial charge in [-0.2, -0.15) is 13.2 Å². The van der Waals surface area contributed by atoms with Gasteiger partial charge in [-0.1, -0.05) is 49.4 Å². The lowest BCUT2D eigenvalue weighted by Crippen LogP contribution is -2.52. The van der Waals surface area contributed by atoms with Gasteiger partial charge in [0.2, 0.25) is 0 Å². The van der Waals surface area contributed by atoms with Gasteiger partial charge in [-0.05, 0) is 36.1 Å². The van der Waals surface area contributed by atoms with Crippen LogP contribution in [0.15, 0.2) is 66.7 Å². The minimum absolute atomic E-state index is 0.0934. The van der Waals surface area contributed by atoms with Crippen LogP contribution in [0, 0.1) is 0 Å². The molecule has 1 aliphatic rings. The fourth-order valence-corrected chi connectivity index (χ4v) is 4.03. The Hall–Kier alpha value is -3.22. The highest BCUT2D eigenvalue weighted by Gasteiger charge is 2.32. The first-order valence-corrected chi connectivity index (χ1v) is 10.7. The number of carbonyl (C=O) groups excluding carboxylic acids is 1. The van der Waals surface area contributed by atoms with E-state index in [0.29, 0.717) is 44.0 Å². The van der Waals surface area contributed by atoms with E-state index >= 15 is 0 Å². The Labute approximate surface area is 185 Å². The largest absolute Gasteiger partial charge is 0.480 e. The van der Waals surface area contributed by atoms with E-state index in [1.807, 2.05) is 54.3 Å². The number of carbonyl (C=O) groups is 1. The molecule has 1 atom stereocenters. The van der Waals surface area contributed by atoms with E-state index in [1.54, 1.807) is 11.0 Å². The van der Waals surface area contributed by atoms with E-state index in [0.717, 1.165) is 22.9 Å². The van der Waals surface area contributed by atoms with Gasteiger partial charge in [-0.25, -0.2) is 0 Å². The molecule has 3 aromatic carbocycles. The Morgan fingerprint density at radius 1 is 0.969 bits per heavy atom. The van der Waals surface area contributed by atoms with E-state index in [-0.39, 0.29) is 5.91 Å². The number of benzene rings is 3. The maximum Gasteiger partial charge on any atom is 0.416 e. The molecular weight excluding hydrogens is 417 g/mol. The number of ether oxygens (including phenoxy) is 1. The number of hydrogen-bond acceptors (Lipinski definition) is 3. The van der Waals surface area contributed by atoms with Crippen molar-refractivity contribution in [3.63, 3.8) is 0 Å². The number of piperazine rings is 1. The summed E-state index contributed by atoms with van der Waals surface area (Å²) < 4.78 is 45.2. The van der Waals surface area contributed by atoms with Crippen molar-refractivity contribution in [3.05, 3.63) is 72.3 Å². The van der Waals surface area contributed by atoms with Gasteiger partial charge in [-0.3, -0.25) is 4.79 Å². The second-order valence-electron chi connectivity index (χ2n) is 7.85. The Kier molecular flexibility index (Phi) is 6.26. The highest BCUT2D eigenvalue weighted by Crippen LogP contribution is 2.32. The number of nitrogens with zero attached hydrogens (tertiary/aromatic N) is 2. The molecule has 1 amide bonds. The molecule has 4 nitrogen and oxygen atoms in total. The Morgan fingerprint density at radius 2 is 1.66 bits per heavy atom. The van der Waals surface area contributed by atoms with Crippen molar-refractivity contribution >= 4 is 22.4 Å². The zero-order chi connectivity index (χ0) is 22.7. The number of hydrogen-bond donors (Lipinski definition) is 0. The predicted octanol–water partition coefficient (Wildman–Crippen LogP) is 5.36. The average Bonchev–Trinajstić information content (AvgIpc) is 2.82. The summed E-state index contributed by atoms with van der Waals surface area (Å²) in [5.41, 5.74) is -0.144. The van der Waals surface area contributed by atoms with Crippen molar-refractivity contribution in [3.8, 4) is 5.75 Å². The minimum Gasteiger partial charge on any atom is -0.480 e. The van der Waals surface area contributed by atoms with Crippen molar-refractivity contribution in [2.24, 2.45) is 0 Å². The first-order valence-electron chi connectivity index (χ1n) is 10.7. The second-order valence-corrected chi connectivity index (χ2v) is 7.85. The zero-order valence-corrected chi connectivity index (χ0v) is 17.8. The van der Waals surface area contributed by atoms with Crippen molar-refractivity contribution in [2.45, 2.75) is 25.6 Å². The third-order valence-electron chi connectivity index (χ3n) is 5.80. The average molecular weight is 442 g/mol. The van der Waals surface area contributed by atoms with E-state index in [1.165, 1.54) is 6.07 Å². The molecule has 0 aliphatic carbocycles. The molecule has 0 N–H and O–H groups in total. The van der Waals surface area contributed by atoms with Gasteiger partial charge in [0.15, 0.2) is 6.10 Å². The third-order valence-corrected chi connectivity index (χ3v) is 5.80. The molecule has 0 saturated carbocycles. The molecule has 168 valence electrons. The first kappa shape index (κ1) is 22.0. The van der Waals surface area contributed by atoms with Crippen molar-refractivity contribution in [1.29, 1.82) is 0 Å². The van der Waals surface area contributed by atoms with Crippen LogP contribution in [0.5, 0.6) is 5.75 Å². The maximum absolute atomic E-state index is 13.1. The monoisotopic (exact) mass is 442 g/mol. The SMILES string of the molecule is CC[C@@H](Oc1cccc2ccccc12)C(=O)N1CCN(c2cccc(C(F)(F)F)c2)CC1. The number of anilines is 1. The number of amides is 1. The van der Waals surface area contributed by atoms with E-state index < -0.39 is 17.8 Å². The molecule has 0 aromatic heterocycles. The van der Waals surface area contributed by atoms with Gasteiger partial charge in [-0.15, -0.1) is 0 Å². The molecular formula is C25H25F3N2O2. The van der Waals surface area contributed by atoms with Crippen LogP contribution < -0.4 is 9.64 Å². The highest BCUT2D eigenvalue weighted by atomic mass is 19.4. The minimum atomic E-state index is -4.37. The van der Waals surface area contributed by atoms with Crippen molar-refractivity contribution in [1.82, 2.24) is 4.90 Å². The van der Waals surface area contributed by atoms with Crippen LogP contribution in [-0.2, 0) is 11.0 Å². The highest BCUT2D eigenvalue weighted by molar-refractivity contribution is 5.89. The van der Waals surface area contributed by atoms with E-state index in [4.69, 9.17) is 4.74 Å².